The molecule has 0 aromatic rings. The lowest BCUT2D eigenvalue weighted by molar-refractivity contribution is -0.126. The molecule has 0 aliphatic heterocycles. The maximum absolute atomic E-state index is 11.1. The summed E-state index contributed by atoms with van der Waals surface area (Å²) < 4.78 is 4.66. The minimum absolute atomic E-state index is 0.0383. The van der Waals surface area contributed by atoms with E-state index in [1.807, 2.05) is 13.8 Å². The first-order valence-corrected chi connectivity index (χ1v) is 4.92. The maximum atomic E-state index is 11.1. The number of rotatable bonds is 6. The minimum atomic E-state index is -0.849. The lowest BCUT2D eigenvalue weighted by atomic mass is 9.89. The van der Waals surface area contributed by atoms with Gasteiger partial charge >= 0.3 is 0 Å². The van der Waals surface area contributed by atoms with E-state index in [0.717, 1.165) is 6.42 Å². The number of hydrogen-bond donors (Lipinski definition) is 2. The van der Waals surface area contributed by atoms with E-state index in [-0.39, 0.29) is 25.0 Å². The highest BCUT2D eigenvalue weighted by Crippen LogP contribution is 2.18. The highest BCUT2D eigenvalue weighted by molar-refractivity contribution is 5.77. The summed E-state index contributed by atoms with van der Waals surface area (Å²) in [4.78, 5) is 11.1. The average Bonchev–Trinajstić information content (AvgIpc) is 2.14. The molecule has 14 heavy (non-hydrogen) atoms. The zero-order valence-corrected chi connectivity index (χ0v) is 9.46. The van der Waals surface area contributed by atoms with Crippen molar-refractivity contribution >= 4 is 5.91 Å². The fourth-order valence-electron chi connectivity index (χ4n) is 1.07. The van der Waals surface area contributed by atoms with Gasteiger partial charge in [0.2, 0.25) is 5.91 Å². The van der Waals surface area contributed by atoms with Crippen molar-refractivity contribution in [2.75, 3.05) is 20.3 Å². The Hall–Kier alpha value is -0.610. The van der Waals surface area contributed by atoms with E-state index in [1.54, 1.807) is 6.92 Å². The normalized spacial score (nSPS) is 17.2. The molecule has 0 fully saturated rings. The highest BCUT2D eigenvalue weighted by Gasteiger charge is 2.27. The molecule has 4 nitrogen and oxygen atoms in total. The van der Waals surface area contributed by atoms with E-state index >= 15 is 0 Å². The van der Waals surface area contributed by atoms with E-state index in [2.05, 4.69) is 10.1 Å². The Morgan fingerprint density at radius 2 is 2.21 bits per heavy atom. The molecule has 2 atom stereocenters. The van der Waals surface area contributed by atoms with Gasteiger partial charge in [-0.15, -0.1) is 0 Å². The Morgan fingerprint density at radius 1 is 1.64 bits per heavy atom. The van der Waals surface area contributed by atoms with Gasteiger partial charge in [0, 0.05) is 13.7 Å². The van der Waals surface area contributed by atoms with Gasteiger partial charge in [-0.2, -0.15) is 0 Å². The Balaban J connectivity index is 3.92. The molecular formula is C10H21NO3. The van der Waals surface area contributed by atoms with E-state index in [0.29, 0.717) is 0 Å². The molecule has 0 aliphatic rings. The molecule has 0 aliphatic carbocycles. The summed E-state index contributed by atoms with van der Waals surface area (Å²) in [6, 6.07) is 0. The summed E-state index contributed by atoms with van der Waals surface area (Å²) in [5.74, 6) is -0.0403. The number of aliphatic hydroxyl groups is 1. The summed E-state index contributed by atoms with van der Waals surface area (Å²) >= 11 is 0. The summed E-state index contributed by atoms with van der Waals surface area (Å²) in [5, 5.41) is 12.6. The van der Waals surface area contributed by atoms with Crippen LogP contribution in [0.3, 0.4) is 0 Å². The number of carbonyl (C=O) groups is 1. The van der Waals surface area contributed by atoms with Crippen LogP contribution in [-0.2, 0) is 9.53 Å². The molecule has 0 radical (unpaired) electrons. The van der Waals surface area contributed by atoms with Crippen molar-refractivity contribution in [3.05, 3.63) is 0 Å². The van der Waals surface area contributed by atoms with E-state index in [9.17, 15) is 9.90 Å². The van der Waals surface area contributed by atoms with Crippen LogP contribution in [0.25, 0.3) is 0 Å². The van der Waals surface area contributed by atoms with Crippen molar-refractivity contribution in [3.8, 4) is 0 Å². The zero-order valence-electron chi connectivity index (χ0n) is 9.46. The number of hydrogen-bond acceptors (Lipinski definition) is 3. The molecule has 0 aromatic carbocycles. The summed E-state index contributed by atoms with van der Waals surface area (Å²) in [5.41, 5.74) is -0.849. The van der Waals surface area contributed by atoms with Gasteiger partial charge in [0.05, 0.1) is 5.60 Å². The fourth-order valence-corrected chi connectivity index (χ4v) is 1.07. The minimum Gasteiger partial charge on any atom is -0.388 e. The largest absolute Gasteiger partial charge is 0.388 e. The predicted molar refractivity (Wildman–Crippen MR) is 55.0 cm³/mol. The first-order valence-electron chi connectivity index (χ1n) is 4.92. The van der Waals surface area contributed by atoms with Gasteiger partial charge in [-0.1, -0.05) is 20.3 Å². The van der Waals surface area contributed by atoms with Crippen molar-refractivity contribution < 1.29 is 14.6 Å². The Bertz CT molecular complexity index is 180. The number of amides is 1. The lowest BCUT2D eigenvalue weighted by Crippen LogP contribution is -2.45. The Morgan fingerprint density at radius 3 is 2.64 bits per heavy atom. The number of carbonyl (C=O) groups excluding carboxylic acids is 1. The Labute approximate surface area is 85.6 Å². The van der Waals surface area contributed by atoms with Gasteiger partial charge in [0.15, 0.2) is 0 Å². The van der Waals surface area contributed by atoms with Crippen LogP contribution in [0.15, 0.2) is 0 Å². The van der Waals surface area contributed by atoms with Crippen LogP contribution in [0, 0.1) is 5.92 Å². The standard InChI is InChI=1S/C10H21NO3/c1-5-8(2)10(3,13)7-11-9(12)6-14-4/h8,13H,5-7H2,1-4H3,(H,11,12). The molecule has 0 saturated carbocycles. The van der Waals surface area contributed by atoms with Crippen molar-refractivity contribution in [2.45, 2.75) is 32.8 Å². The van der Waals surface area contributed by atoms with Gasteiger partial charge in [-0.3, -0.25) is 4.79 Å². The van der Waals surface area contributed by atoms with Crippen LogP contribution in [0.5, 0.6) is 0 Å². The molecule has 0 aromatic heterocycles. The van der Waals surface area contributed by atoms with Gasteiger partial charge in [0.1, 0.15) is 6.61 Å². The second kappa shape index (κ2) is 5.98. The quantitative estimate of drug-likeness (QED) is 0.662. The average molecular weight is 203 g/mol. The van der Waals surface area contributed by atoms with Crippen LogP contribution in [0.2, 0.25) is 0 Å². The first kappa shape index (κ1) is 13.4. The van der Waals surface area contributed by atoms with E-state index in [4.69, 9.17) is 0 Å². The third kappa shape index (κ3) is 4.58. The summed E-state index contributed by atoms with van der Waals surface area (Å²) in [6.45, 7) is 6.01. The van der Waals surface area contributed by atoms with Gasteiger partial charge in [0.25, 0.3) is 0 Å². The van der Waals surface area contributed by atoms with E-state index < -0.39 is 5.60 Å². The topological polar surface area (TPSA) is 58.6 Å². The summed E-state index contributed by atoms with van der Waals surface area (Å²) in [7, 11) is 1.46. The van der Waals surface area contributed by atoms with Gasteiger partial charge in [-0.05, 0) is 12.8 Å². The second-order valence-electron chi connectivity index (χ2n) is 3.88. The van der Waals surface area contributed by atoms with Crippen LogP contribution < -0.4 is 5.32 Å². The second-order valence-corrected chi connectivity index (χ2v) is 3.88. The zero-order chi connectivity index (χ0) is 11.2. The molecular weight excluding hydrogens is 182 g/mol. The molecule has 0 saturated heterocycles. The SMILES string of the molecule is CCC(C)C(C)(O)CNC(=O)COC. The first-order chi connectivity index (χ1) is 6.44. The van der Waals surface area contributed by atoms with Crippen LogP contribution >= 0.6 is 0 Å². The third-order valence-electron chi connectivity index (χ3n) is 2.59. The van der Waals surface area contributed by atoms with Crippen LogP contribution in [0.4, 0.5) is 0 Å². The van der Waals surface area contributed by atoms with Crippen molar-refractivity contribution in [1.82, 2.24) is 5.32 Å². The highest BCUT2D eigenvalue weighted by atomic mass is 16.5. The van der Waals surface area contributed by atoms with Crippen molar-refractivity contribution in [2.24, 2.45) is 5.92 Å². The molecule has 0 spiro atoms. The molecule has 1 amide bonds. The van der Waals surface area contributed by atoms with Crippen molar-refractivity contribution in [1.29, 1.82) is 0 Å². The predicted octanol–water partition coefficient (Wildman–Crippen LogP) is 0.546. The lowest BCUT2D eigenvalue weighted by Gasteiger charge is -2.29. The third-order valence-corrected chi connectivity index (χ3v) is 2.59. The van der Waals surface area contributed by atoms with E-state index in [1.165, 1.54) is 7.11 Å². The molecule has 2 N–H and O–H groups in total. The van der Waals surface area contributed by atoms with Gasteiger partial charge in [-0.25, -0.2) is 0 Å². The van der Waals surface area contributed by atoms with Crippen LogP contribution in [-0.4, -0.2) is 36.9 Å². The van der Waals surface area contributed by atoms with Gasteiger partial charge < -0.3 is 15.2 Å². The smallest absolute Gasteiger partial charge is 0.246 e. The number of ether oxygens (including phenoxy) is 1. The molecule has 0 heterocycles. The molecule has 84 valence electrons. The Kier molecular flexibility index (Phi) is 5.72. The monoisotopic (exact) mass is 203 g/mol. The van der Waals surface area contributed by atoms with Crippen LogP contribution in [0.1, 0.15) is 27.2 Å². The molecule has 4 heteroatoms. The molecule has 0 rings (SSSR count). The number of nitrogens with one attached hydrogen (secondary N) is 1. The number of methoxy groups -OCH3 is 1. The summed E-state index contributed by atoms with van der Waals surface area (Å²) in [6.07, 6.45) is 0.882. The van der Waals surface area contributed by atoms with Crippen molar-refractivity contribution in [3.63, 3.8) is 0 Å². The fraction of sp³-hybridized carbons (Fsp3) is 0.900. The maximum Gasteiger partial charge on any atom is 0.246 e. The molecule has 0 bridgehead atoms. The molecule has 2 unspecified atom stereocenters.